The van der Waals surface area contributed by atoms with Gasteiger partial charge in [0.1, 0.15) is 11.6 Å². The summed E-state index contributed by atoms with van der Waals surface area (Å²) in [6.07, 6.45) is 1.74. The van der Waals surface area contributed by atoms with Gasteiger partial charge in [-0.15, -0.1) is 11.6 Å². The third-order valence-corrected chi connectivity index (χ3v) is 2.18. The fraction of sp³-hybridized carbons (Fsp3) is 0.333. The second-order valence-electron chi connectivity index (χ2n) is 2.90. The quantitative estimate of drug-likeness (QED) is 0.686. The average Bonchev–Trinajstić information content (AvgIpc) is 2.61. The number of aryl methyl sites for hydroxylation is 1. The van der Waals surface area contributed by atoms with Crippen LogP contribution in [0.2, 0.25) is 0 Å². The van der Waals surface area contributed by atoms with Crippen LogP contribution in [0.4, 0.5) is 0 Å². The summed E-state index contributed by atoms with van der Waals surface area (Å²) in [5, 5.41) is 0. The second-order valence-corrected chi connectivity index (χ2v) is 3.16. The van der Waals surface area contributed by atoms with Gasteiger partial charge < -0.3 is 4.57 Å². The molecule has 1 aromatic rings. The van der Waals surface area contributed by atoms with Gasteiger partial charge in [-0.3, -0.25) is 14.5 Å². The van der Waals surface area contributed by atoms with E-state index in [1.165, 1.54) is 7.05 Å². The molecule has 0 spiro atoms. The van der Waals surface area contributed by atoms with Crippen molar-refractivity contribution in [2.75, 3.05) is 12.9 Å². The van der Waals surface area contributed by atoms with Crippen molar-refractivity contribution in [3.8, 4) is 0 Å². The summed E-state index contributed by atoms with van der Waals surface area (Å²) in [7, 11) is 3.16. The fourth-order valence-corrected chi connectivity index (χ4v) is 1.24. The Morgan fingerprint density at radius 3 is 2.64 bits per heavy atom. The van der Waals surface area contributed by atoms with Crippen LogP contribution in [0.5, 0.6) is 0 Å². The van der Waals surface area contributed by atoms with Crippen molar-refractivity contribution in [2.45, 2.75) is 0 Å². The van der Waals surface area contributed by atoms with E-state index in [1.54, 1.807) is 29.9 Å². The van der Waals surface area contributed by atoms with E-state index in [1.807, 2.05) is 0 Å². The zero-order valence-corrected chi connectivity index (χ0v) is 8.78. The Labute approximate surface area is 87.1 Å². The third kappa shape index (κ3) is 1.96. The maximum atomic E-state index is 11.7. The molecule has 0 fully saturated rings. The molecule has 0 N–H and O–H groups in total. The molecule has 0 saturated heterocycles. The average molecular weight is 215 g/mol. The predicted octanol–water partition coefficient (Wildman–Crippen LogP) is 0.862. The Morgan fingerprint density at radius 1 is 1.57 bits per heavy atom. The summed E-state index contributed by atoms with van der Waals surface area (Å²) in [4.78, 5) is 23.8. The number of hydrogen-bond acceptors (Lipinski definition) is 2. The van der Waals surface area contributed by atoms with Crippen molar-refractivity contribution in [3.05, 3.63) is 24.0 Å². The summed E-state index contributed by atoms with van der Waals surface area (Å²) >= 11 is 5.34. The Balaban J connectivity index is 2.86. The first kappa shape index (κ1) is 10.8. The number of alkyl halides is 1. The maximum Gasteiger partial charge on any atom is 0.276 e. The molecule has 0 aromatic carbocycles. The maximum absolute atomic E-state index is 11.7. The van der Waals surface area contributed by atoms with Gasteiger partial charge in [0.25, 0.3) is 5.91 Å². The molecule has 0 aliphatic heterocycles. The highest BCUT2D eigenvalue weighted by molar-refractivity contribution is 6.28. The van der Waals surface area contributed by atoms with Crippen molar-refractivity contribution in [1.82, 2.24) is 9.47 Å². The molecule has 0 unspecified atom stereocenters. The number of carbonyl (C=O) groups is 2. The van der Waals surface area contributed by atoms with Gasteiger partial charge in [-0.2, -0.15) is 0 Å². The van der Waals surface area contributed by atoms with Gasteiger partial charge >= 0.3 is 0 Å². The summed E-state index contributed by atoms with van der Waals surface area (Å²) in [5.74, 6) is -0.937. The first-order valence-corrected chi connectivity index (χ1v) is 4.59. The van der Waals surface area contributed by atoms with Crippen molar-refractivity contribution in [3.63, 3.8) is 0 Å². The predicted molar refractivity (Wildman–Crippen MR) is 53.2 cm³/mol. The number of aromatic nitrogens is 1. The molecule has 1 aromatic heterocycles. The molecule has 0 aliphatic rings. The smallest absolute Gasteiger partial charge is 0.276 e. The molecule has 0 atom stereocenters. The molecular formula is C9H11ClN2O2. The summed E-state index contributed by atoms with van der Waals surface area (Å²) in [5.41, 5.74) is 0.464. The number of imide groups is 1. The highest BCUT2D eigenvalue weighted by Crippen LogP contribution is 2.04. The Hall–Kier alpha value is -1.29. The van der Waals surface area contributed by atoms with E-state index in [4.69, 9.17) is 11.6 Å². The van der Waals surface area contributed by atoms with E-state index >= 15 is 0 Å². The van der Waals surface area contributed by atoms with E-state index < -0.39 is 5.91 Å². The molecule has 0 aliphatic carbocycles. The summed E-state index contributed by atoms with van der Waals surface area (Å²) in [6, 6.07) is 3.40. The minimum absolute atomic E-state index is 0.188. The number of rotatable bonds is 2. The van der Waals surface area contributed by atoms with Gasteiger partial charge in [-0.1, -0.05) is 0 Å². The second kappa shape index (κ2) is 4.28. The molecule has 2 amide bonds. The van der Waals surface area contributed by atoms with Crippen molar-refractivity contribution in [1.29, 1.82) is 0 Å². The number of halogens is 1. The zero-order valence-electron chi connectivity index (χ0n) is 8.03. The molecule has 0 saturated carbocycles. The van der Waals surface area contributed by atoms with Gasteiger partial charge in [0.15, 0.2) is 0 Å². The summed E-state index contributed by atoms with van der Waals surface area (Å²) in [6.45, 7) is 0. The number of hydrogen-bond donors (Lipinski definition) is 0. The van der Waals surface area contributed by atoms with Crippen LogP contribution in [-0.4, -0.2) is 34.2 Å². The summed E-state index contributed by atoms with van der Waals surface area (Å²) < 4.78 is 1.65. The first-order chi connectivity index (χ1) is 6.57. The van der Waals surface area contributed by atoms with Crippen LogP contribution in [0, 0.1) is 0 Å². The Morgan fingerprint density at radius 2 is 2.21 bits per heavy atom. The molecule has 5 heteroatoms. The van der Waals surface area contributed by atoms with Crippen LogP contribution < -0.4 is 0 Å². The largest absolute Gasteiger partial charge is 0.347 e. The van der Waals surface area contributed by atoms with E-state index in [2.05, 4.69) is 0 Å². The van der Waals surface area contributed by atoms with Gasteiger partial charge in [0.2, 0.25) is 5.91 Å². The molecule has 76 valence electrons. The first-order valence-electron chi connectivity index (χ1n) is 4.06. The molecule has 1 heterocycles. The van der Waals surface area contributed by atoms with Crippen LogP contribution in [0.25, 0.3) is 0 Å². The van der Waals surface area contributed by atoms with Crippen molar-refractivity contribution >= 4 is 23.4 Å². The van der Waals surface area contributed by atoms with Gasteiger partial charge in [0.05, 0.1) is 0 Å². The highest BCUT2D eigenvalue weighted by atomic mass is 35.5. The molecule has 4 nitrogen and oxygen atoms in total. The van der Waals surface area contributed by atoms with E-state index in [0.29, 0.717) is 5.69 Å². The van der Waals surface area contributed by atoms with Crippen LogP contribution >= 0.6 is 11.6 Å². The number of carbonyl (C=O) groups excluding carboxylic acids is 2. The van der Waals surface area contributed by atoms with Crippen LogP contribution in [0.15, 0.2) is 18.3 Å². The van der Waals surface area contributed by atoms with Crippen molar-refractivity contribution < 1.29 is 9.59 Å². The van der Waals surface area contributed by atoms with E-state index in [9.17, 15) is 9.59 Å². The minimum atomic E-state index is -0.405. The SMILES string of the molecule is CN(C(=O)CCl)C(=O)c1cccn1C. The third-order valence-electron chi connectivity index (χ3n) is 1.96. The lowest BCUT2D eigenvalue weighted by Crippen LogP contribution is -2.34. The van der Waals surface area contributed by atoms with Crippen LogP contribution in [0.3, 0.4) is 0 Å². The minimum Gasteiger partial charge on any atom is -0.347 e. The van der Waals surface area contributed by atoms with Crippen molar-refractivity contribution in [2.24, 2.45) is 7.05 Å². The number of amides is 2. The molecule has 14 heavy (non-hydrogen) atoms. The fourth-order valence-electron chi connectivity index (χ4n) is 1.06. The lowest BCUT2D eigenvalue weighted by atomic mass is 10.3. The normalized spacial score (nSPS) is 9.93. The molecule has 0 radical (unpaired) electrons. The van der Waals surface area contributed by atoms with E-state index in [0.717, 1.165) is 4.90 Å². The van der Waals surface area contributed by atoms with Crippen LogP contribution in [-0.2, 0) is 11.8 Å². The molecular weight excluding hydrogens is 204 g/mol. The standard InChI is InChI=1S/C9H11ClN2O2/c1-11-5-3-4-7(11)9(14)12(2)8(13)6-10/h3-5H,6H2,1-2H3. The van der Waals surface area contributed by atoms with Gasteiger partial charge in [-0.25, -0.2) is 0 Å². The zero-order chi connectivity index (χ0) is 10.7. The monoisotopic (exact) mass is 214 g/mol. The number of nitrogens with zero attached hydrogens (tertiary/aromatic N) is 2. The lowest BCUT2D eigenvalue weighted by Gasteiger charge is -2.13. The molecule has 0 bridgehead atoms. The molecule has 1 rings (SSSR count). The van der Waals surface area contributed by atoms with Crippen LogP contribution in [0.1, 0.15) is 10.5 Å². The highest BCUT2D eigenvalue weighted by Gasteiger charge is 2.19. The van der Waals surface area contributed by atoms with Gasteiger partial charge in [0, 0.05) is 20.3 Å². The van der Waals surface area contributed by atoms with E-state index in [-0.39, 0.29) is 11.8 Å². The topological polar surface area (TPSA) is 42.3 Å². The lowest BCUT2D eigenvalue weighted by molar-refractivity contribution is -0.124. The Kier molecular flexibility index (Phi) is 3.30. The van der Waals surface area contributed by atoms with Gasteiger partial charge in [-0.05, 0) is 12.1 Å². The Bertz CT molecular complexity index is 359.